The quantitative estimate of drug-likeness (QED) is 0.643. The minimum absolute atomic E-state index is 0.0330. The van der Waals surface area contributed by atoms with E-state index >= 15 is 0 Å². The third-order valence-electron chi connectivity index (χ3n) is 5.25. The molecule has 0 bridgehead atoms. The zero-order valence-corrected chi connectivity index (χ0v) is 19.0. The molecule has 4 amide bonds. The lowest BCUT2D eigenvalue weighted by molar-refractivity contribution is -0.199. The van der Waals surface area contributed by atoms with Crippen molar-refractivity contribution in [3.63, 3.8) is 0 Å². The van der Waals surface area contributed by atoms with E-state index in [4.69, 9.17) is 9.57 Å². The Labute approximate surface area is 192 Å². The highest BCUT2D eigenvalue weighted by molar-refractivity contribution is 6.02. The molecule has 0 unspecified atom stereocenters. The van der Waals surface area contributed by atoms with E-state index in [1.54, 1.807) is 45.0 Å². The monoisotopic (exact) mass is 459 g/mol. The minimum atomic E-state index is -1.16. The third kappa shape index (κ3) is 6.30. The predicted molar refractivity (Wildman–Crippen MR) is 115 cm³/mol. The number of hydrogen-bond donors (Lipinski definition) is 1. The number of carbonyl (C=O) groups is 5. The molecule has 0 saturated carbocycles. The van der Waals surface area contributed by atoms with Gasteiger partial charge in [-0.1, -0.05) is 30.3 Å². The van der Waals surface area contributed by atoms with Crippen molar-refractivity contribution in [3.8, 4) is 0 Å². The highest BCUT2D eigenvalue weighted by Gasteiger charge is 2.40. The van der Waals surface area contributed by atoms with Crippen LogP contribution in [0, 0.1) is 0 Å². The van der Waals surface area contributed by atoms with Crippen molar-refractivity contribution in [2.45, 2.75) is 70.6 Å². The molecule has 1 aromatic rings. The normalized spacial score (nSPS) is 19.4. The van der Waals surface area contributed by atoms with Gasteiger partial charge in [-0.15, -0.1) is 5.06 Å². The Morgan fingerprint density at radius 2 is 1.73 bits per heavy atom. The van der Waals surface area contributed by atoms with Crippen molar-refractivity contribution in [1.29, 1.82) is 0 Å². The van der Waals surface area contributed by atoms with Crippen molar-refractivity contribution >= 4 is 29.8 Å². The molecule has 3 rings (SSSR count). The second-order valence-electron chi connectivity index (χ2n) is 9.07. The summed E-state index contributed by atoms with van der Waals surface area (Å²) >= 11 is 0. The van der Waals surface area contributed by atoms with Crippen molar-refractivity contribution in [3.05, 3.63) is 35.9 Å². The summed E-state index contributed by atoms with van der Waals surface area (Å²) in [5, 5.41) is 3.10. The maximum Gasteiger partial charge on any atom is 0.410 e. The number of hydroxylamine groups is 2. The third-order valence-corrected chi connectivity index (χ3v) is 5.25. The van der Waals surface area contributed by atoms with Gasteiger partial charge in [-0.05, 0) is 39.2 Å². The molecule has 0 radical (unpaired) electrons. The highest BCUT2D eigenvalue weighted by atomic mass is 16.7. The molecular formula is C23H29N3O7. The van der Waals surface area contributed by atoms with Crippen LogP contribution in [0.4, 0.5) is 4.79 Å². The van der Waals surface area contributed by atoms with E-state index in [1.165, 1.54) is 4.90 Å². The molecule has 1 aromatic carbocycles. The van der Waals surface area contributed by atoms with Gasteiger partial charge in [-0.25, -0.2) is 9.59 Å². The van der Waals surface area contributed by atoms with E-state index in [1.807, 2.05) is 6.07 Å². The zero-order valence-electron chi connectivity index (χ0n) is 19.0. The molecule has 2 heterocycles. The maximum absolute atomic E-state index is 13.1. The van der Waals surface area contributed by atoms with Gasteiger partial charge in [0.2, 0.25) is 5.91 Å². The van der Waals surface area contributed by atoms with Crippen LogP contribution in [0.25, 0.3) is 0 Å². The molecule has 10 heteroatoms. The van der Waals surface area contributed by atoms with Gasteiger partial charge in [-0.3, -0.25) is 19.3 Å². The molecule has 2 aliphatic heterocycles. The average Bonchev–Trinajstić information content (AvgIpc) is 3.35. The second-order valence-corrected chi connectivity index (χ2v) is 9.07. The Kier molecular flexibility index (Phi) is 7.35. The lowest BCUT2D eigenvalue weighted by Gasteiger charge is -2.29. The number of imide groups is 1. The van der Waals surface area contributed by atoms with Crippen LogP contribution in [0.3, 0.4) is 0 Å². The van der Waals surface area contributed by atoms with E-state index in [-0.39, 0.29) is 19.3 Å². The molecule has 2 saturated heterocycles. The van der Waals surface area contributed by atoms with Crippen LogP contribution in [0.1, 0.15) is 52.0 Å². The van der Waals surface area contributed by atoms with Crippen LogP contribution in [-0.4, -0.2) is 64.0 Å². The van der Waals surface area contributed by atoms with Gasteiger partial charge in [0.05, 0.1) is 0 Å². The van der Waals surface area contributed by atoms with Gasteiger partial charge in [0, 0.05) is 25.8 Å². The molecule has 33 heavy (non-hydrogen) atoms. The summed E-state index contributed by atoms with van der Waals surface area (Å²) in [6, 6.07) is 6.97. The molecule has 0 aliphatic carbocycles. The number of nitrogens with one attached hydrogen (secondary N) is 1. The van der Waals surface area contributed by atoms with Gasteiger partial charge >= 0.3 is 12.1 Å². The molecule has 2 aliphatic rings. The molecule has 2 atom stereocenters. The number of benzene rings is 1. The van der Waals surface area contributed by atoms with E-state index in [2.05, 4.69) is 5.32 Å². The first-order valence-electron chi connectivity index (χ1n) is 11.0. The van der Waals surface area contributed by atoms with Gasteiger partial charge in [-0.2, -0.15) is 0 Å². The van der Waals surface area contributed by atoms with E-state index < -0.39 is 47.5 Å². The number of ether oxygens (including phenoxy) is 1. The maximum atomic E-state index is 13.1. The smallest absolute Gasteiger partial charge is 0.410 e. The first-order valence-corrected chi connectivity index (χ1v) is 11.0. The van der Waals surface area contributed by atoms with Crippen molar-refractivity contribution in [2.75, 3.05) is 6.54 Å². The summed E-state index contributed by atoms with van der Waals surface area (Å²) in [6.07, 6.45) is 0.448. The van der Waals surface area contributed by atoms with E-state index in [0.29, 0.717) is 24.4 Å². The number of rotatable bonds is 6. The number of nitrogens with zero attached hydrogens (tertiary/aromatic N) is 2. The van der Waals surface area contributed by atoms with Crippen LogP contribution in [0.5, 0.6) is 0 Å². The fourth-order valence-electron chi connectivity index (χ4n) is 3.70. The van der Waals surface area contributed by atoms with Gasteiger partial charge in [0.1, 0.15) is 17.7 Å². The summed E-state index contributed by atoms with van der Waals surface area (Å²) < 4.78 is 5.40. The Hall–Kier alpha value is -3.43. The van der Waals surface area contributed by atoms with Crippen LogP contribution >= 0.6 is 0 Å². The second kappa shape index (κ2) is 10.0. The van der Waals surface area contributed by atoms with Crippen molar-refractivity contribution in [2.24, 2.45) is 0 Å². The molecule has 10 nitrogen and oxygen atoms in total. The zero-order chi connectivity index (χ0) is 24.2. The van der Waals surface area contributed by atoms with Crippen molar-refractivity contribution < 1.29 is 33.5 Å². The lowest BCUT2D eigenvalue weighted by Crippen LogP contribution is -2.53. The van der Waals surface area contributed by atoms with Crippen molar-refractivity contribution in [1.82, 2.24) is 15.3 Å². The summed E-state index contributed by atoms with van der Waals surface area (Å²) in [4.78, 5) is 68.6. The fraction of sp³-hybridized carbons (Fsp3) is 0.522. The summed E-state index contributed by atoms with van der Waals surface area (Å²) in [7, 11) is 0. The Morgan fingerprint density at radius 1 is 1.09 bits per heavy atom. The summed E-state index contributed by atoms with van der Waals surface area (Å²) in [5.41, 5.74) is 0.0315. The molecule has 2 fully saturated rings. The summed E-state index contributed by atoms with van der Waals surface area (Å²) in [5.74, 6) is -2.68. The predicted octanol–water partition coefficient (Wildman–Crippen LogP) is 1.72. The molecule has 0 spiro atoms. The van der Waals surface area contributed by atoms with Crippen LogP contribution in [-0.2, 0) is 35.2 Å². The number of amides is 4. The van der Waals surface area contributed by atoms with Gasteiger partial charge in [0.15, 0.2) is 0 Å². The lowest BCUT2D eigenvalue weighted by atomic mass is 10.1. The minimum Gasteiger partial charge on any atom is -0.444 e. The molecule has 1 N–H and O–H groups in total. The molecular weight excluding hydrogens is 430 g/mol. The fourth-order valence-corrected chi connectivity index (χ4v) is 3.70. The largest absolute Gasteiger partial charge is 0.444 e. The van der Waals surface area contributed by atoms with Crippen LogP contribution < -0.4 is 5.32 Å². The van der Waals surface area contributed by atoms with E-state index in [0.717, 1.165) is 5.56 Å². The first-order chi connectivity index (χ1) is 15.5. The first kappa shape index (κ1) is 24.2. The average molecular weight is 459 g/mol. The number of likely N-dealkylation sites (tertiary alicyclic amines) is 1. The topological polar surface area (TPSA) is 122 Å². The molecule has 0 aromatic heterocycles. The van der Waals surface area contributed by atoms with E-state index in [9.17, 15) is 24.0 Å². The van der Waals surface area contributed by atoms with Gasteiger partial charge in [0.25, 0.3) is 11.8 Å². The Bertz CT molecular complexity index is 910. The number of hydrogen-bond acceptors (Lipinski definition) is 7. The summed E-state index contributed by atoms with van der Waals surface area (Å²) in [6.45, 7) is 5.58. The van der Waals surface area contributed by atoms with Crippen LogP contribution in [0.2, 0.25) is 0 Å². The SMILES string of the molecule is CC(C)(C)OC(=O)N1CCC[C@H]1C(=O)N[C@@H](Cc1ccccc1)C(=O)ON1C(=O)CCC1=O. The standard InChI is InChI=1S/C23H29N3O7/c1-23(2,3)32-22(31)25-13-7-10-17(25)20(29)24-16(14-15-8-5-4-6-9-15)21(30)33-26-18(27)11-12-19(26)28/h4-6,8-9,16-17H,7,10-14H2,1-3H3,(H,24,29)/t16-,17-/m0/s1. The number of carbonyl (C=O) groups excluding carboxylic acids is 5. The Morgan fingerprint density at radius 3 is 2.33 bits per heavy atom. The van der Waals surface area contributed by atoms with Crippen LogP contribution in [0.15, 0.2) is 30.3 Å². The van der Waals surface area contributed by atoms with Gasteiger partial charge < -0.3 is 14.9 Å². The Balaban J connectivity index is 1.73. The highest BCUT2D eigenvalue weighted by Crippen LogP contribution is 2.22. The molecule has 178 valence electrons.